The van der Waals surface area contributed by atoms with Crippen LogP contribution in [-0.2, 0) is 0 Å². The molecule has 26 heavy (non-hydrogen) atoms. The minimum atomic E-state index is -0.466. The number of carbonyl (C=O) groups is 1. The van der Waals surface area contributed by atoms with E-state index in [2.05, 4.69) is 4.98 Å². The first kappa shape index (κ1) is 16.7. The molecule has 4 nitrogen and oxygen atoms in total. The van der Waals surface area contributed by atoms with Crippen LogP contribution in [0.1, 0.15) is 35.0 Å². The summed E-state index contributed by atoms with van der Waals surface area (Å²) >= 11 is 0. The number of rotatable bonds is 3. The molecule has 2 aromatic carbocycles. The van der Waals surface area contributed by atoms with Crippen LogP contribution in [0.15, 0.2) is 66.7 Å². The summed E-state index contributed by atoms with van der Waals surface area (Å²) in [6, 6.07) is 21.3. The van der Waals surface area contributed by atoms with Gasteiger partial charge in [0.15, 0.2) is 0 Å². The summed E-state index contributed by atoms with van der Waals surface area (Å²) < 4.78 is 0. The van der Waals surface area contributed by atoms with E-state index in [1.165, 1.54) is 0 Å². The SMILES string of the molecule is O=C(c1ccc2ccccc2n1)N1CCC([C@@H](O)c2ccccc2)CC1. The molecule has 1 aliphatic heterocycles. The van der Waals surface area contributed by atoms with Crippen LogP contribution in [0.2, 0.25) is 0 Å². The van der Waals surface area contributed by atoms with Gasteiger partial charge in [-0.05, 0) is 36.5 Å². The van der Waals surface area contributed by atoms with E-state index in [0.29, 0.717) is 18.8 Å². The molecule has 1 atom stereocenters. The first-order chi connectivity index (χ1) is 12.7. The lowest BCUT2D eigenvalue weighted by molar-refractivity contribution is 0.0459. The van der Waals surface area contributed by atoms with Gasteiger partial charge in [-0.2, -0.15) is 0 Å². The molecule has 1 aliphatic rings. The Hall–Kier alpha value is -2.72. The molecule has 1 N–H and O–H groups in total. The standard InChI is InChI=1S/C22H22N2O2/c25-21(17-7-2-1-3-8-17)18-12-14-24(15-13-18)22(26)20-11-10-16-6-4-5-9-19(16)23-20/h1-11,18,21,25H,12-15H2/t21-/m0/s1. The highest BCUT2D eigenvalue weighted by Crippen LogP contribution is 2.31. The molecular weight excluding hydrogens is 324 g/mol. The van der Waals surface area contributed by atoms with Crippen molar-refractivity contribution < 1.29 is 9.90 Å². The van der Waals surface area contributed by atoms with E-state index >= 15 is 0 Å². The van der Waals surface area contributed by atoms with E-state index in [9.17, 15) is 9.90 Å². The van der Waals surface area contributed by atoms with Gasteiger partial charge in [-0.15, -0.1) is 0 Å². The van der Waals surface area contributed by atoms with E-state index in [1.807, 2.05) is 65.6 Å². The second kappa shape index (κ2) is 7.26. The van der Waals surface area contributed by atoms with Crippen LogP contribution in [0.25, 0.3) is 10.9 Å². The lowest BCUT2D eigenvalue weighted by atomic mass is 9.87. The van der Waals surface area contributed by atoms with Gasteiger partial charge in [-0.3, -0.25) is 4.79 Å². The van der Waals surface area contributed by atoms with Gasteiger partial charge < -0.3 is 10.0 Å². The van der Waals surface area contributed by atoms with Crippen molar-refractivity contribution in [2.45, 2.75) is 18.9 Å². The van der Waals surface area contributed by atoms with Crippen molar-refractivity contribution in [3.63, 3.8) is 0 Å². The number of fused-ring (bicyclic) bond motifs is 1. The minimum absolute atomic E-state index is 0.0246. The lowest BCUT2D eigenvalue weighted by Gasteiger charge is -2.34. The van der Waals surface area contributed by atoms with Gasteiger partial charge in [0.2, 0.25) is 0 Å². The summed E-state index contributed by atoms with van der Waals surface area (Å²) in [4.78, 5) is 19.2. The number of benzene rings is 2. The minimum Gasteiger partial charge on any atom is -0.388 e. The monoisotopic (exact) mass is 346 g/mol. The van der Waals surface area contributed by atoms with Crippen molar-refractivity contribution in [2.75, 3.05) is 13.1 Å². The molecule has 3 aromatic rings. The Morgan fingerprint density at radius 1 is 0.962 bits per heavy atom. The van der Waals surface area contributed by atoms with Crippen molar-refractivity contribution in [2.24, 2.45) is 5.92 Å². The Bertz CT molecular complexity index is 902. The first-order valence-electron chi connectivity index (χ1n) is 9.10. The average molecular weight is 346 g/mol. The van der Waals surface area contributed by atoms with E-state index in [-0.39, 0.29) is 11.8 Å². The van der Waals surface area contributed by atoms with Crippen molar-refractivity contribution >= 4 is 16.8 Å². The number of aliphatic hydroxyl groups excluding tert-OH is 1. The zero-order valence-electron chi connectivity index (χ0n) is 14.6. The van der Waals surface area contributed by atoms with Crippen molar-refractivity contribution in [3.05, 3.63) is 78.0 Å². The fourth-order valence-corrected chi connectivity index (χ4v) is 3.69. The number of hydrogen-bond donors (Lipinski definition) is 1. The van der Waals surface area contributed by atoms with E-state index < -0.39 is 6.10 Å². The van der Waals surface area contributed by atoms with Crippen LogP contribution in [-0.4, -0.2) is 34.0 Å². The third kappa shape index (κ3) is 3.33. The molecule has 0 bridgehead atoms. The fourth-order valence-electron chi connectivity index (χ4n) is 3.69. The van der Waals surface area contributed by atoms with Gasteiger partial charge in [0.1, 0.15) is 5.69 Å². The molecule has 0 spiro atoms. The Balaban J connectivity index is 1.43. The van der Waals surface area contributed by atoms with E-state index in [1.54, 1.807) is 6.07 Å². The maximum Gasteiger partial charge on any atom is 0.272 e. The molecule has 0 unspecified atom stereocenters. The predicted octanol–water partition coefficient (Wildman–Crippen LogP) is 3.82. The van der Waals surface area contributed by atoms with Gasteiger partial charge in [0, 0.05) is 18.5 Å². The number of para-hydroxylation sites is 1. The number of hydrogen-bond acceptors (Lipinski definition) is 3. The van der Waals surface area contributed by atoms with Crippen LogP contribution in [0.5, 0.6) is 0 Å². The zero-order chi connectivity index (χ0) is 17.9. The number of amides is 1. The molecule has 1 aromatic heterocycles. The number of pyridine rings is 1. The van der Waals surface area contributed by atoms with Crippen molar-refractivity contribution in [1.82, 2.24) is 9.88 Å². The molecule has 0 saturated carbocycles. The van der Waals surface area contributed by atoms with Crippen LogP contribution < -0.4 is 0 Å². The van der Waals surface area contributed by atoms with Crippen LogP contribution >= 0.6 is 0 Å². The molecule has 1 fully saturated rings. The average Bonchev–Trinajstić information content (AvgIpc) is 2.73. The molecule has 0 aliphatic carbocycles. The van der Waals surface area contributed by atoms with Crippen molar-refractivity contribution in [3.8, 4) is 0 Å². The molecular formula is C22H22N2O2. The number of likely N-dealkylation sites (tertiary alicyclic amines) is 1. The van der Waals surface area contributed by atoms with Crippen LogP contribution in [0.4, 0.5) is 0 Å². The summed E-state index contributed by atoms with van der Waals surface area (Å²) in [7, 11) is 0. The number of aromatic nitrogens is 1. The Morgan fingerprint density at radius 3 is 2.42 bits per heavy atom. The second-order valence-electron chi connectivity index (χ2n) is 6.87. The highest BCUT2D eigenvalue weighted by atomic mass is 16.3. The van der Waals surface area contributed by atoms with Gasteiger partial charge in [-0.25, -0.2) is 4.98 Å². The Kier molecular flexibility index (Phi) is 4.67. The second-order valence-corrected chi connectivity index (χ2v) is 6.87. The lowest BCUT2D eigenvalue weighted by Crippen LogP contribution is -2.40. The Labute approximate surface area is 153 Å². The quantitative estimate of drug-likeness (QED) is 0.784. The van der Waals surface area contributed by atoms with Gasteiger partial charge in [-0.1, -0.05) is 54.6 Å². The first-order valence-corrected chi connectivity index (χ1v) is 9.10. The summed E-state index contributed by atoms with van der Waals surface area (Å²) in [5.74, 6) is 0.161. The highest BCUT2D eigenvalue weighted by Gasteiger charge is 2.29. The van der Waals surface area contributed by atoms with E-state index in [0.717, 1.165) is 29.3 Å². The maximum absolute atomic E-state index is 12.8. The third-order valence-electron chi connectivity index (χ3n) is 5.23. The molecule has 132 valence electrons. The third-order valence-corrected chi connectivity index (χ3v) is 5.23. The summed E-state index contributed by atoms with van der Waals surface area (Å²) in [5, 5.41) is 11.6. The topological polar surface area (TPSA) is 53.4 Å². The summed E-state index contributed by atoms with van der Waals surface area (Å²) in [6.45, 7) is 1.31. The largest absolute Gasteiger partial charge is 0.388 e. The van der Waals surface area contributed by atoms with Gasteiger partial charge in [0.05, 0.1) is 11.6 Å². The number of carbonyl (C=O) groups excluding carboxylic acids is 1. The normalized spacial score (nSPS) is 16.6. The molecule has 4 heteroatoms. The highest BCUT2D eigenvalue weighted by molar-refractivity contribution is 5.94. The number of piperidine rings is 1. The molecule has 4 rings (SSSR count). The maximum atomic E-state index is 12.8. The van der Waals surface area contributed by atoms with Crippen molar-refractivity contribution in [1.29, 1.82) is 0 Å². The number of aliphatic hydroxyl groups is 1. The summed E-state index contributed by atoms with van der Waals surface area (Å²) in [5.41, 5.74) is 2.28. The fraction of sp³-hybridized carbons (Fsp3) is 0.273. The van der Waals surface area contributed by atoms with Gasteiger partial charge >= 0.3 is 0 Å². The molecule has 0 radical (unpaired) electrons. The molecule has 2 heterocycles. The predicted molar refractivity (Wildman–Crippen MR) is 102 cm³/mol. The summed E-state index contributed by atoms with van der Waals surface area (Å²) in [6.07, 6.45) is 1.14. The Morgan fingerprint density at radius 2 is 1.65 bits per heavy atom. The van der Waals surface area contributed by atoms with Crippen LogP contribution in [0.3, 0.4) is 0 Å². The number of nitrogens with zero attached hydrogens (tertiary/aromatic N) is 2. The van der Waals surface area contributed by atoms with Gasteiger partial charge in [0.25, 0.3) is 5.91 Å². The smallest absolute Gasteiger partial charge is 0.272 e. The zero-order valence-corrected chi connectivity index (χ0v) is 14.6. The molecule has 1 saturated heterocycles. The van der Waals surface area contributed by atoms with Crippen LogP contribution in [0, 0.1) is 5.92 Å². The van der Waals surface area contributed by atoms with E-state index in [4.69, 9.17) is 0 Å². The molecule has 1 amide bonds.